The van der Waals surface area contributed by atoms with E-state index < -0.39 is 24.2 Å². The van der Waals surface area contributed by atoms with Crippen molar-refractivity contribution in [1.29, 1.82) is 0 Å². The largest absolute Gasteiger partial charge is 0.462 e. The Morgan fingerprint density at radius 3 is 1.88 bits per heavy atom. The number of unbranched alkanes of at least 4 members (excludes halogenated alkanes) is 12. The van der Waals surface area contributed by atoms with E-state index in [1.807, 2.05) is 0 Å². The number of esters is 1. The van der Waals surface area contributed by atoms with Gasteiger partial charge in [-0.05, 0) is 19.8 Å². The fraction of sp³-hybridized carbons (Fsp3) is 0.880. The number of guanidine groups is 1. The maximum Gasteiger partial charge on any atom is 0.328 e. The minimum Gasteiger partial charge on any atom is -0.462 e. The Morgan fingerprint density at radius 2 is 1.41 bits per heavy atom. The summed E-state index contributed by atoms with van der Waals surface area (Å²) in [5.74, 6) is -0.892. The number of ether oxygens (including phenoxy) is 1. The van der Waals surface area contributed by atoms with Crippen molar-refractivity contribution in [1.82, 2.24) is 5.32 Å². The summed E-state index contributed by atoms with van der Waals surface area (Å²) in [7, 11) is 0. The standard InChI is InChI=1S/C25H51N5O4/c1-3-4-5-6-7-8-9-10-11-12-13-14-15-16-23(32)30-22(17-18-29-25(27)28)24(33)34-19-21(26)20(2)31/h20-22,31H,3-19,26H2,1-2H3,(H,30,32)(H4,27,28,29). The van der Waals surface area contributed by atoms with Gasteiger partial charge in [0.1, 0.15) is 12.6 Å². The molecule has 0 bridgehead atoms. The van der Waals surface area contributed by atoms with Crippen molar-refractivity contribution in [2.75, 3.05) is 13.2 Å². The summed E-state index contributed by atoms with van der Waals surface area (Å²) in [5, 5.41) is 12.2. The first-order valence-corrected chi connectivity index (χ1v) is 13.2. The molecule has 0 saturated heterocycles. The second-order valence-electron chi connectivity index (χ2n) is 9.24. The zero-order valence-corrected chi connectivity index (χ0v) is 21.6. The van der Waals surface area contributed by atoms with Crippen LogP contribution in [0.15, 0.2) is 4.99 Å². The van der Waals surface area contributed by atoms with Gasteiger partial charge in [-0.25, -0.2) is 4.79 Å². The van der Waals surface area contributed by atoms with Crippen molar-refractivity contribution in [2.24, 2.45) is 22.2 Å². The summed E-state index contributed by atoms with van der Waals surface area (Å²) in [6.45, 7) is 3.81. The van der Waals surface area contributed by atoms with Gasteiger partial charge < -0.3 is 32.4 Å². The zero-order chi connectivity index (χ0) is 25.6. The molecule has 0 aliphatic rings. The lowest BCUT2D eigenvalue weighted by molar-refractivity contribution is -0.149. The first-order chi connectivity index (χ1) is 16.3. The zero-order valence-electron chi connectivity index (χ0n) is 21.6. The van der Waals surface area contributed by atoms with Crippen LogP contribution < -0.4 is 22.5 Å². The number of hydrogen-bond acceptors (Lipinski definition) is 6. The molecule has 0 aliphatic carbocycles. The lowest BCUT2D eigenvalue weighted by atomic mass is 10.0. The molecular formula is C25H51N5O4. The molecule has 0 radical (unpaired) electrons. The van der Waals surface area contributed by atoms with Crippen molar-refractivity contribution >= 4 is 17.8 Å². The molecule has 0 spiro atoms. The van der Waals surface area contributed by atoms with Crippen LogP contribution in [0, 0.1) is 0 Å². The molecule has 3 atom stereocenters. The number of aliphatic imine (C=N–C) groups is 1. The van der Waals surface area contributed by atoms with Crippen molar-refractivity contribution in [2.45, 2.75) is 128 Å². The number of carbonyl (C=O) groups is 2. The van der Waals surface area contributed by atoms with Crippen molar-refractivity contribution < 1.29 is 19.4 Å². The smallest absolute Gasteiger partial charge is 0.328 e. The van der Waals surface area contributed by atoms with Crippen LogP contribution in [-0.2, 0) is 14.3 Å². The third-order valence-corrected chi connectivity index (χ3v) is 5.88. The molecule has 0 aliphatic heterocycles. The van der Waals surface area contributed by atoms with Crippen LogP contribution in [0.2, 0.25) is 0 Å². The quantitative estimate of drug-likeness (QED) is 0.0680. The predicted molar refractivity (Wildman–Crippen MR) is 138 cm³/mol. The molecule has 3 unspecified atom stereocenters. The number of aliphatic hydroxyl groups is 1. The van der Waals surface area contributed by atoms with Gasteiger partial charge in [-0.2, -0.15) is 0 Å². The lowest BCUT2D eigenvalue weighted by Crippen LogP contribution is -2.45. The van der Waals surface area contributed by atoms with E-state index in [2.05, 4.69) is 17.2 Å². The van der Waals surface area contributed by atoms with Gasteiger partial charge in [-0.3, -0.25) is 9.79 Å². The number of nitrogens with one attached hydrogen (secondary N) is 1. The molecule has 200 valence electrons. The van der Waals surface area contributed by atoms with Crippen LogP contribution in [0.4, 0.5) is 0 Å². The molecule has 1 amide bonds. The number of rotatable bonds is 22. The van der Waals surface area contributed by atoms with Gasteiger partial charge in [-0.15, -0.1) is 0 Å². The normalized spacial score (nSPS) is 13.6. The first-order valence-electron chi connectivity index (χ1n) is 13.2. The van der Waals surface area contributed by atoms with Gasteiger partial charge in [0.15, 0.2) is 5.96 Å². The number of carbonyl (C=O) groups excluding carboxylic acids is 2. The lowest BCUT2D eigenvalue weighted by Gasteiger charge is -2.20. The number of nitrogens with zero attached hydrogens (tertiary/aromatic N) is 1. The van der Waals surface area contributed by atoms with Crippen LogP contribution in [0.3, 0.4) is 0 Å². The third kappa shape index (κ3) is 19.6. The molecule has 0 aromatic carbocycles. The number of nitrogens with two attached hydrogens (primary N) is 3. The van der Waals surface area contributed by atoms with Crippen LogP contribution in [-0.4, -0.2) is 54.3 Å². The molecule has 0 aromatic rings. The maximum atomic E-state index is 12.4. The van der Waals surface area contributed by atoms with Crippen LogP contribution in [0.1, 0.15) is 110 Å². The van der Waals surface area contributed by atoms with E-state index >= 15 is 0 Å². The fourth-order valence-electron chi connectivity index (χ4n) is 3.56. The minimum absolute atomic E-state index is 0.0819. The highest BCUT2D eigenvalue weighted by Crippen LogP contribution is 2.13. The van der Waals surface area contributed by atoms with E-state index in [1.54, 1.807) is 0 Å². The molecule has 0 heterocycles. The topological polar surface area (TPSA) is 166 Å². The summed E-state index contributed by atoms with van der Waals surface area (Å²) >= 11 is 0. The van der Waals surface area contributed by atoms with E-state index in [9.17, 15) is 14.7 Å². The van der Waals surface area contributed by atoms with Crippen LogP contribution in [0.5, 0.6) is 0 Å². The number of hydrogen-bond donors (Lipinski definition) is 5. The third-order valence-electron chi connectivity index (χ3n) is 5.88. The van der Waals surface area contributed by atoms with Crippen molar-refractivity contribution in [3.8, 4) is 0 Å². The van der Waals surface area contributed by atoms with Gasteiger partial charge >= 0.3 is 5.97 Å². The van der Waals surface area contributed by atoms with Gasteiger partial charge in [0.05, 0.1) is 12.1 Å². The fourth-order valence-corrected chi connectivity index (χ4v) is 3.56. The summed E-state index contributed by atoms with van der Waals surface area (Å²) in [4.78, 5) is 28.6. The van der Waals surface area contributed by atoms with E-state index in [0.717, 1.165) is 19.3 Å². The van der Waals surface area contributed by atoms with Crippen molar-refractivity contribution in [3.05, 3.63) is 0 Å². The Hall–Kier alpha value is -1.87. The van der Waals surface area contributed by atoms with Crippen LogP contribution >= 0.6 is 0 Å². The average Bonchev–Trinajstić information content (AvgIpc) is 2.79. The average molecular weight is 486 g/mol. The summed E-state index contributed by atoms with van der Waals surface area (Å²) in [6.07, 6.45) is 15.9. The minimum atomic E-state index is -0.862. The first kappa shape index (κ1) is 32.1. The monoisotopic (exact) mass is 485 g/mol. The summed E-state index contributed by atoms with van der Waals surface area (Å²) < 4.78 is 5.16. The van der Waals surface area contributed by atoms with Gasteiger partial charge in [0, 0.05) is 13.0 Å². The van der Waals surface area contributed by atoms with E-state index in [1.165, 1.54) is 71.1 Å². The Kier molecular flexibility index (Phi) is 20.5. The Bertz CT molecular complexity index is 553. The second kappa shape index (κ2) is 21.6. The molecule has 0 fully saturated rings. The highest BCUT2D eigenvalue weighted by molar-refractivity contribution is 5.84. The molecule has 0 aromatic heterocycles. The molecule has 8 N–H and O–H groups in total. The molecule has 0 saturated carbocycles. The summed E-state index contributed by atoms with van der Waals surface area (Å²) in [6, 6.07) is -1.55. The molecule has 9 nitrogen and oxygen atoms in total. The Balaban J connectivity index is 4.06. The van der Waals surface area contributed by atoms with Crippen molar-refractivity contribution in [3.63, 3.8) is 0 Å². The molecule has 9 heteroatoms. The van der Waals surface area contributed by atoms with E-state index in [-0.39, 0.29) is 31.4 Å². The highest BCUT2D eigenvalue weighted by atomic mass is 16.5. The van der Waals surface area contributed by atoms with Crippen LogP contribution in [0.25, 0.3) is 0 Å². The van der Waals surface area contributed by atoms with E-state index in [4.69, 9.17) is 21.9 Å². The van der Waals surface area contributed by atoms with E-state index in [0.29, 0.717) is 6.42 Å². The maximum absolute atomic E-state index is 12.4. The Morgan fingerprint density at radius 1 is 0.912 bits per heavy atom. The van der Waals surface area contributed by atoms with Gasteiger partial charge in [-0.1, -0.05) is 84.0 Å². The summed E-state index contributed by atoms with van der Waals surface area (Å²) in [5.41, 5.74) is 16.4. The second-order valence-corrected chi connectivity index (χ2v) is 9.24. The Labute approximate surface area is 206 Å². The molecule has 0 rings (SSSR count). The van der Waals surface area contributed by atoms with Gasteiger partial charge in [0.25, 0.3) is 0 Å². The molecule has 34 heavy (non-hydrogen) atoms. The number of amides is 1. The number of aliphatic hydroxyl groups excluding tert-OH is 1. The predicted octanol–water partition coefficient (Wildman–Crippen LogP) is 2.87. The molecular weight excluding hydrogens is 434 g/mol. The van der Waals surface area contributed by atoms with Gasteiger partial charge in [0.2, 0.25) is 5.91 Å². The SMILES string of the molecule is CCCCCCCCCCCCCCCC(=O)NC(CCN=C(N)N)C(=O)OCC(N)C(C)O. The highest BCUT2D eigenvalue weighted by Gasteiger charge is 2.23.